The van der Waals surface area contributed by atoms with Gasteiger partial charge in [-0.1, -0.05) is 42.5 Å². The van der Waals surface area contributed by atoms with Crippen LogP contribution in [0.5, 0.6) is 0 Å². The fourth-order valence-corrected chi connectivity index (χ4v) is 5.80. The highest BCUT2D eigenvalue weighted by atomic mass is 19.1. The zero-order valence-corrected chi connectivity index (χ0v) is 18.4. The van der Waals surface area contributed by atoms with Gasteiger partial charge in [-0.3, -0.25) is 14.4 Å². The lowest BCUT2D eigenvalue weighted by Gasteiger charge is -2.45. The highest BCUT2D eigenvalue weighted by molar-refractivity contribution is 6.00. The predicted octanol–water partition coefficient (Wildman–Crippen LogP) is 3.28. The number of anilines is 1. The molecule has 6 nitrogen and oxygen atoms in total. The van der Waals surface area contributed by atoms with Gasteiger partial charge in [0.1, 0.15) is 5.82 Å². The minimum Gasteiger partial charge on any atom is -0.353 e. The van der Waals surface area contributed by atoms with Crippen LogP contribution in [0.1, 0.15) is 50.0 Å². The van der Waals surface area contributed by atoms with Crippen LogP contribution in [0.4, 0.5) is 10.1 Å². The lowest BCUT2D eigenvalue weighted by molar-refractivity contribution is -0.127. The van der Waals surface area contributed by atoms with Crippen molar-refractivity contribution in [3.05, 3.63) is 66.0 Å². The Bertz CT molecular complexity index is 1080. The molecule has 0 radical (unpaired) electrons. The van der Waals surface area contributed by atoms with Gasteiger partial charge in [0.15, 0.2) is 0 Å². The van der Waals surface area contributed by atoms with Crippen molar-refractivity contribution < 1.29 is 18.8 Å². The Kier molecular flexibility index (Phi) is 5.64. The number of hydrogen-bond acceptors (Lipinski definition) is 3. The first-order valence-corrected chi connectivity index (χ1v) is 11.7. The number of carbonyl (C=O) groups excluding carboxylic acids is 3. The quantitative estimate of drug-likeness (QED) is 0.752. The highest BCUT2D eigenvalue weighted by Gasteiger charge is 2.48. The van der Waals surface area contributed by atoms with Gasteiger partial charge < -0.3 is 15.5 Å². The molecule has 33 heavy (non-hydrogen) atoms. The maximum absolute atomic E-state index is 14.2. The van der Waals surface area contributed by atoms with E-state index in [1.807, 2.05) is 18.2 Å². The van der Waals surface area contributed by atoms with Crippen LogP contribution in [0.3, 0.4) is 0 Å². The Morgan fingerprint density at radius 1 is 1.06 bits per heavy atom. The van der Waals surface area contributed by atoms with Crippen molar-refractivity contribution in [1.82, 2.24) is 10.6 Å². The second-order valence-corrected chi connectivity index (χ2v) is 9.50. The normalized spacial score (nSPS) is 29.4. The summed E-state index contributed by atoms with van der Waals surface area (Å²) < 4.78 is 14.2. The third-order valence-corrected chi connectivity index (χ3v) is 7.50. The Balaban J connectivity index is 1.28. The van der Waals surface area contributed by atoms with Crippen molar-refractivity contribution in [1.29, 1.82) is 0 Å². The first-order valence-electron chi connectivity index (χ1n) is 11.7. The molecule has 2 aliphatic heterocycles. The van der Waals surface area contributed by atoms with Crippen LogP contribution >= 0.6 is 0 Å². The summed E-state index contributed by atoms with van der Waals surface area (Å²) in [6.07, 6.45) is 3.72. The lowest BCUT2D eigenvalue weighted by atomic mass is 9.67. The van der Waals surface area contributed by atoms with Crippen molar-refractivity contribution in [2.75, 3.05) is 11.4 Å². The Morgan fingerprint density at radius 2 is 1.82 bits per heavy atom. The standard InChI is InChI=1S/C26H28FN3O3/c27-21-8-4-5-9-22(21)30-16-18(14-24(30)32)25(33)28-19-10-12-26(13-11-23(31)29-26)20(15-19)17-6-2-1-3-7-17/h1-9,18-20H,10-16H2,(H,28,33)(H,29,31)/t18-,19-,20+,26-/m0/s1. The molecule has 3 fully saturated rings. The van der Waals surface area contributed by atoms with Gasteiger partial charge in [0.05, 0.1) is 11.6 Å². The number of nitrogens with zero attached hydrogens (tertiary/aromatic N) is 1. The lowest BCUT2D eigenvalue weighted by Crippen LogP contribution is -2.54. The van der Waals surface area contributed by atoms with Gasteiger partial charge in [-0.2, -0.15) is 0 Å². The van der Waals surface area contributed by atoms with Gasteiger partial charge in [-0.15, -0.1) is 0 Å². The summed E-state index contributed by atoms with van der Waals surface area (Å²) in [6, 6.07) is 16.3. The van der Waals surface area contributed by atoms with Gasteiger partial charge >= 0.3 is 0 Å². The van der Waals surface area contributed by atoms with Crippen LogP contribution in [0.25, 0.3) is 0 Å². The van der Waals surface area contributed by atoms with E-state index in [0.717, 1.165) is 25.7 Å². The first kappa shape index (κ1) is 21.6. The van der Waals surface area contributed by atoms with E-state index in [1.165, 1.54) is 16.5 Å². The molecule has 2 heterocycles. The van der Waals surface area contributed by atoms with Crippen LogP contribution in [-0.4, -0.2) is 35.8 Å². The molecular weight excluding hydrogens is 421 g/mol. The smallest absolute Gasteiger partial charge is 0.227 e. The molecular formula is C26H28FN3O3. The molecule has 7 heteroatoms. The average molecular weight is 450 g/mol. The topological polar surface area (TPSA) is 78.5 Å². The molecule has 3 aliphatic rings. The minimum absolute atomic E-state index is 0.0385. The SMILES string of the molecule is O=C1CC[C@]2(CC[C@H](NC(=O)[C@H]3CC(=O)N(c4ccccc4F)C3)C[C@@H]2c2ccccc2)N1. The van der Waals surface area contributed by atoms with Crippen molar-refractivity contribution in [2.45, 2.75) is 56.0 Å². The number of amides is 3. The van der Waals surface area contributed by atoms with Crippen molar-refractivity contribution >= 4 is 23.4 Å². The number of hydrogen-bond donors (Lipinski definition) is 2. The van der Waals surface area contributed by atoms with E-state index in [0.29, 0.717) is 6.42 Å². The summed E-state index contributed by atoms with van der Waals surface area (Å²) in [5.41, 5.74) is 1.13. The largest absolute Gasteiger partial charge is 0.353 e. The minimum atomic E-state index is -0.505. The molecule has 1 aliphatic carbocycles. The van der Waals surface area contributed by atoms with Gasteiger partial charge in [0, 0.05) is 36.9 Å². The summed E-state index contributed by atoms with van der Waals surface area (Å²) >= 11 is 0. The summed E-state index contributed by atoms with van der Waals surface area (Å²) in [4.78, 5) is 39.0. The molecule has 1 saturated carbocycles. The number of halogens is 1. The Hall–Kier alpha value is -3.22. The molecule has 1 spiro atoms. The summed E-state index contributed by atoms with van der Waals surface area (Å²) in [6.45, 7) is 0.181. The summed E-state index contributed by atoms with van der Waals surface area (Å²) in [5, 5.41) is 6.40. The van der Waals surface area contributed by atoms with Crippen molar-refractivity contribution in [2.24, 2.45) is 5.92 Å². The summed E-state index contributed by atoms with van der Waals surface area (Å²) in [5.74, 6) is -1.16. The zero-order chi connectivity index (χ0) is 23.0. The molecule has 5 rings (SSSR count). The highest BCUT2D eigenvalue weighted by Crippen LogP contribution is 2.46. The van der Waals surface area contributed by atoms with Crippen molar-refractivity contribution in [3.8, 4) is 0 Å². The van der Waals surface area contributed by atoms with Crippen LogP contribution in [0.15, 0.2) is 54.6 Å². The van der Waals surface area contributed by atoms with Crippen LogP contribution in [0.2, 0.25) is 0 Å². The molecule has 4 atom stereocenters. The van der Waals surface area contributed by atoms with E-state index in [9.17, 15) is 18.8 Å². The molecule has 3 amide bonds. The molecule has 2 saturated heterocycles. The second kappa shape index (κ2) is 8.61. The first-order chi connectivity index (χ1) is 15.9. The van der Waals surface area contributed by atoms with Gasteiger partial charge in [-0.05, 0) is 43.4 Å². The Morgan fingerprint density at radius 3 is 2.55 bits per heavy atom. The monoisotopic (exact) mass is 449 g/mol. The van der Waals surface area contributed by atoms with Crippen LogP contribution < -0.4 is 15.5 Å². The fourth-order valence-electron chi connectivity index (χ4n) is 5.80. The van der Waals surface area contributed by atoms with Crippen molar-refractivity contribution in [3.63, 3.8) is 0 Å². The van der Waals surface area contributed by atoms with E-state index in [1.54, 1.807) is 18.2 Å². The number of benzene rings is 2. The predicted molar refractivity (Wildman–Crippen MR) is 122 cm³/mol. The molecule has 2 aromatic rings. The molecule has 0 unspecified atom stereocenters. The van der Waals surface area contributed by atoms with Gasteiger partial charge in [0.2, 0.25) is 17.7 Å². The van der Waals surface area contributed by atoms with E-state index in [-0.39, 0.29) is 53.9 Å². The maximum Gasteiger partial charge on any atom is 0.227 e. The van der Waals surface area contributed by atoms with E-state index in [2.05, 4.69) is 22.8 Å². The van der Waals surface area contributed by atoms with Gasteiger partial charge in [-0.25, -0.2) is 4.39 Å². The molecule has 2 N–H and O–H groups in total. The number of carbonyl (C=O) groups is 3. The molecule has 2 aromatic carbocycles. The molecule has 0 aromatic heterocycles. The fraction of sp³-hybridized carbons (Fsp3) is 0.423. The van der Waals surface area contributed by atoms with Gasteiger partial charge in [0.25, 0.3) is 0 Å². The third kappa shape index (κ3) is 4.12. The molecule has 0 bridgehead atoms. The average Bonchev–Trinajstić information content (AvgIpc) is 3.39. The number of rotatable bonds is 4. The van der Waals surface area contributed by atoms with Crippen LogP contribution in [0, 0.1) is 11.7 Å². The number of nitrogens with one attached hydrogen (secondary N) is 2. The summed E-state index contributed by atoms with van der Waals surface area (Å²) in [7, 11) is 0. The van der Waals surface area contributed by atoms with Crippen LogP contribution in [-0.2, 0) is 14.4 Å². The zero-order valence-electron chi connectivity index (χ0n) is 18.4. The number of para-hydroxylation sites is 1. The molecule has 172 valence electrons. The third-order valence-electron chi connectivity index (χ3n) is 7.50. The van der Waals surface area contributed by atoms with E-state index >= 15 is 0 Å². The second-order valence-electron chi connectivity index (χ2n) is 9.50. The van der Waals surface area contributed by atoms with E-state index in [4.69, 9.17) is 0 Å². The maximum atomic E-state index is 14.2. The van der Waals surface area contributed by atoms with E-state index < -0.39 is 11.7 Å². The Labute approximate surface area is 192 Å².